The highest BCUT2D eigenvalue weighted by Gasteiger charge is 2.48. The number of rotatable bonds is 27. The van der Waals surface area contributed by atoms with Crippen LogP contribution >= 0.6 is 11.8 Å². The molecule has 2 unspecified atom stereocenters. The Kier molecular flexibility index (Phi) is 22.4. The fraction of sp³-hybridized carbons (Fsp3) is 0.857. The van der Waals surface area contributed by atoms with Crippen LogP contribution in [-0.2, 0) is 19.1 Å². The van der Waals surface area contributed by atoms with Gasteiger partial charge in [-0.15, -0.1) is 0 Å². The van der Waals surface area contributed by atoms with Gasteiger partial charge in [-0.2, -0.15) is 11.8 Å². The van der Waals surface area contributed by atoms with Gasteiger partial charge in [-0.05, 0) is 108 Å². The number of allylic oxidation sites excluding steroid dienone is 1. The highest BCUT2D eigenvalue weighted by atomic mass is 32.2. The molecule has 0 aromatic heterocycles. The predicted molar refractivity (Wildman–Crippen MR) is 211 cm³/mol. The molecule has 0 aromatic rings. The molecule has 50 heavy (non-hydrogen) atoms. The Morgan fingerprint density at radius 1 is 0.860 bits per heavy atom. The number of ether oxygens (including phenoxy) is 2. The lowest BCUT2D eigenvalue weighted by Gasteiger charge is -2.44. The fourth-order valence-electron chi connectivity index (χ4n) is 8.85. The number of carbonyl (C=O) groups is 2. The maximum absolute atomic E-state index is 12.6. The van der Waals surface area contributed by atoms with Gasteiger partial charge in [0.15, 0.2) is 0 Å². The van der Waals surface area contributed by atoms with Gasteiger partial charge in [-0.1, -0.05) is 71.4 Å². The van der Waals surface area contributed by atoms with Crippen molar-refractivity contribution in [2.75, 3.05) is 57.6 Å². The number of carbonyl (C=O) groups excluding carboxylic acids is 2. The normalized spacial score (nSPS) is 23.6. The van der Waals surface area contributed by atoms with Gasteiger partial charge in [0.2, 0.25) is 0 Å². The first kappa shape index (κ1) is 42.7. The van der Waals surface area contributed by atoms with Gasteiger partial charge in [0.1, 0.15) is 6.61 Å². The van der Waals surface area contributed by atoms with E-state index < -0.39 is 0 Å². The van der Waals surface area contributed by atoms with Crippen molar-refractivity contribution in [3.8, 4) is 0 Å². The van der Waals surface area contributed by atoms with Crippen LogP contribution in [0.25, 0.3) is 0 Å². The zero-order chi connectivity index (χ0) is 35.7. The number of hydrogen-bond acceptors (Lipinski definition) is 8. The van der Waals surface area contributed by atoms with Crippen LogP contribution in [0.3, 0.4) is 0 Å². The summed E-state index contributed by atoms with van der Waals surface area (Å²) in [7, 11) is 0. The van der Waals surface area contributed by atoms with Crippen molar-refractivity contribution in [3.63, 3.8) is 0 Å². The van der Waals surface area contributed by atoms with Crippen LogP contribution in [0.2, 0.25) is 0 Å². The van der Waals surface area contributed by atoms with Crippen molar-refractivity contribution in [1.29, 1.82) is 0 Å². The lowest BCUT2D eigenvalue weighted by Crippen LogP contribution is -2.37. The molecule has 1 heterocycles. The molecule has 8 heteroatoms. The van der Waals surface area contributed by atoms with E-state index in [-0.39, 0.29) is 11.9 Å². The van der Waals surface area contributed by atoms with E-state index in [1.165, 1.54) is 77.0 Å². The van der Waals surface area contributed by atoms with Crippen LogP contribution in [0.4, 0.5) is 0 Å². The van der Waals surface area contributed by atoms with Crippen LogP contribution < -0.4 is 5.32 Å². The second-order valence-electron chi connectivity index (χ2n) is 15.5. The number of fused-ring (bicyclic) bond motifs is 1. The largest absolute Gasteiger partial charge is 0.465 e. The Bertz CT molecular complexity index is 961. The third kappa shape index (κ3) is 17.7. The molecule has 0 saturated heterocycles. The second-order valence-corrected chi connectivity index (χ2v) is 16.6. The molecule has 4 saturated carbocycles. The van der Waals surface area contributed by atoms with Gasteiger partial charge in [0.05, 0.1) is 19.7 Å². The Balaban J connectivity index is 0.00000332. The lowest BCUT2D eigenvalue weighted by atomic mass is 9.62. The topological polar surface area (TPSA) is 71.1 Å². The minimum Gasteiger partial charge on any atom is -0.465 e. The first-order valence-electron chi connectivity index (χ1n) is 20.9. The number of unbranched alkanes of at least 4 members (excludes halogenated alkanes) is 8. The van der Waals surface area contributed by atoms with E-state index in [1.807, 2.05) is 31.8 Å². The third-order valence-electron chi connectivity index (χ3n) is 11.3. The summed E-state index contributed by atoms with van der Waals surface area (Å²) in [5.41, 5.74) is 0.294. The van der Waals surface area contributed by atoms with Crippen molar-refractivity contribution in [3.05, 3.63) is 24.6 Å². The van der Waals surface area contributed by atoms with Gasteiger partial charge in [0.25, 0.3) is 0 Å². The molecule has 5 rings (SSSR count). The zero-order valence-corrected chi connectivity index (χ0v) is 33.3. The summed E-state index contributed by atoms with van der Waals surface area (Å²) < 4.78 is 11.5. The molecule has 0 aromatic carbocycles. The average molecular weight is 718 g/mol. The van der Waals surface area contributed by atoms with Gasteiger partial charge < -0.3 is 24.6 Å². The van der Waals surface area contributed by atoms with Crippen molar-refractivity contribution in [2.24, 2.45) is 23.2 Å². The summed E-state index contributed by atoms with van der Waals surface area (Å²) >= 11 is 1.83. The molecular weight excluding hydrogens is 643 g/mol. The highest BCUT2D eigenvalue weighted by Crippen LogP contribution is 2.57. The quantitative estimate of drug-likeness (QED) is 0.0512. The van der Waals surface area contributed by atoms with Crippen LogP contribution in [-0.4, -0.2) is 79.3 Å². The zero-order valence-electron chi connectivity index (χ0n) is 32.5. The minimum absolute atomic E-state index is 0.0211. The molecule has 0 spiro atoms. The van der Waals surface area contributed by atoms with Crippen molar-refractivity contribution < 1.29 is 19.1 Å². The number of esters is 2. The molecule has 4 fully saturated rings. The Morgan fingerprint density at radius 3 is 2.36 bits per heavy atom. The van der Waals surface area contributed by atoms with Gasteiger partial charge in [-0.3, -0.25) is 9.59 Å². The van der Waals surface area contributed by atoms with Crippen LogP contribution in [0.15, 0.2) is 24.6 Å². The van der Waals surface area contributed by atoms with Gasteiger partial charge in [-0.25, -0.2) is 0 Å². The average Bonchev–Trinajstić information content (AvgIpc) is 3.56. The van der Waals surface area contributed by atoms with Gasteiger partial charge >= 0.3 is 11.9 Å². The van der Waals surface area contributed by atoms with Crippen molar-refractivity contribution in [1.82, 2.24) is 15.1 Å². The molecule has 4 bridgehead atoms. The number of thioether (sulfide) groups is 1. The number of nitrogens with one attached hydrogen (secondary N) is 1. The van der Waals surface area contributed by atoms with Gasteiger partial charge in [0, 0.05) is 48.8 Å². The number of nitrogens with zero attached hydrogens (tertiary/aromatic N) is 2. The van der Waals surface area contributed by atoms with Crippen molar-refractivity contribution in [2.45, 2.75) is 149 Å². The van der Waals surface area contributed by atoms with E-state index >= 15 is 0 Å². The van der Waals surface area contributed by atoms with Crippen LogP contribution in [0, 0.1) is 23.2 Å². The maximum Gasteiger partial charge on any atom is 0.307 e. The fourth-order valence-corrected chi connectivity index (χ4v) is 9.49. The lowest BCUT2D eigenvalue weighted by molar-refractivity contribution is -0.149. The molecule has 1 N–H and O–H groups in total. The molecule has 5 aliphatic rings. The summed E-state index contributed by atoms with van der Waals surface area (Å²) in [6.07, 6.45) is 32.1. The maximum atomic E-state index is 12.6. The van der Waals surface area contributed by atoms with E-state index in [4.69, 9.17) is 9.47 Å². The van der Waals surface area contributed by atoms with E-state index in [9.17, 15) is 9.59 Å². The summed E-state index contributed by atoms with van der Waals surface area (Å²) in [4.78, 5) is 29.8. The molecule has 4 aliphatic carbocycles. The van der Waals surface area contributed by atoms with Crippen molar-refractivity contribution >= 4 is 23.7 Å². The summed E-state index contributed by atoms with van der Waals surface area (Å²) in [5.74, 6) is 4.52. The van der Waals surface area contributed by atoms with E-state index in [1.54, 1.807) is 0 Å². The van der Waals surface area contributed by atoms with E-state index in [2.05, 4.69) is 40.4 Å². The Morgan fingerprint density at radius 2 is 1.58 bits per heavy atom. The first-order valence-corrected chi connectivity index (χ1v) is 22.1. The molecule has 1 aliphatic heterocycles. The predicted octanol–water partition coefficient (Wildman–Crippen LogP) is 9.72. The molecule has 2 atom stereocenters. The van der Waals surface area contributed by atoms with Crippen LogP contribution in [0.1, 0.15) is 149 Å². The molecule has 0 amide bonds. The molecule has 7 nitrogen and oxygen atoms in total. The Hall–Kier alpha value is -1.67. The van der Waals surface area contributed by atoms with Crippen LogP contribution in [0.5, 0.6) is 0 Å². The molecular formula is C42H75N3O4S. The first-order chi connectivity index (χ1) is 24.5. The standard InChI is InChI=1S/C40H69N3O4S.C2H6/c1-2-3-4-5-6-10-13-26-48-27-25-46-39(45)17-23-42(21-14-22-43-24-19-41-34-43)20-12-9-7-8-11-15-38(44)47-33-40-18-16-35-28-36(31-40)30-37(29-35)32-40;1-2/h10,13,19,24,35-37,41H,2-9,11-12,14-18,20-23,25-34H2,1H3;1-2H3/b13-10-;. The SMILES string of the molecule is CC.CCCCCC/C=C\CSCCOC(=O)CCN(CCCCCCCC(=O)OCC12CCC3CC(CC(C3)C1)C2)CCCN1C=CNC1. The smallest absolute Gasteiger partial charge is 0.307 e. The third-order valence-corrected chi connectivity index (χ3v) is 12.1. The second kappa shape index (κ2) is 26.1. The molecule has 0 radical (unpaired) electrons. The highest BCUT2D eigenvalue weighted by molar-refractivity contribution is 7.99. The minimum atomic E-state index is -0.0793. The Labute approximate surface area is 311 Å². The molecule has 288 valence electrons. The summed E-state index contributed by atoms with van der Waals surface area (Å²) in [6.45, 7) is 12.1. The number of hydrogen-bond donors (Lipinski definition) is 1. The van der Waals surface area contributed by atoms with E-state index in [0.717, 1.165) is 101 Å². The monoisotopic (exact) mass is 718 g/mol. The summed E-state index contributed by atoms with van der Waals surface area (Å²) in [6, 6.07) is 0. The van der Waals surface area contributed by atoms with E-state index in [0.29, 0.717) is 31.5 Å². The summed E-state index contributed by atoms with van der Waals surface area (Å²) in [5, 5.41) is 3.24.